The Balaban J connectivity index is 2.25. The third-order valence-electron chi connectivity index (χ3n) is 3.16. The molecule has 0 atom stereocenters. The predicted molar refractivity (Wildman–Crippen MR) is 59.4 cm³/mol. The number of carbonyl (C=O) groups excluding carboxylic acids is 2. The monoisotopic (exact) mass is 216 g/mol. The highest BCUT2D eigenvalue weighted by molar-refractivity contribution is 6.10. The van der Waals surface area contributed by atoms with E-state index in [4.69, 9.17) is 0 Å². The maximum absolute atomic E-state index is 11.9. The fraction of sp³-hybridized carbons (Fsp3) is 0.333. The molecule has 0 fully saturated rings. The number of hydrogen-bond acceptors (Lipinski definition) is 2. The molecule has 2 amide bonds. The summed E-state index contributed by atoms with van der Waals surface area (Å²) in [5.41, 5.74) is 2.56. The van der Waals surface area contributed by atoms with Crippen molar-refractivity contribution in [3.8, 4) is 0 Å². The minimum absolute atomic E-state index is 0.0146. The minimum atomic E-state index is -0.144. The minimum Gasteiger partial charge on any atom is -0.343 e. The molecule has 2 aliphatic rings. The number of nitrogens with zero attached hydrogens (tertiary/aromatic N) is 1. The van der Waals surface area contributed by atoms with Gasteiger partial charge in [-0.05, 0) is 24.5 Å². The van der Waals surface area contributed by atoms with Crippen LogP contribution in [0, 0.1) is 0 Å². The molecule has 1 aromatic rings. The summed E-state index contributed by atoms with van der Waals surface area (Å²) in [6.45, 7) is 0.824. The Morgan fingerprint density at radius 3 is 3.00 bits per heavy atom. The lowest BCUT2D eigenvalue weighted by molar-refractivity contribution is -0.117. The van der Waals surface area contributed by atoms with E-state index in [1.165, 1.54) is 0 Å². The maximum Gasteiger partial charge on any atom is 0.253 e. The van der Waals surface area contributed by atoms with Crippen molar-refractivity contribution in [2.45, 2.75) is 12.8 Å². The lowest BCUT2D eigenvalue weighted by Crippen LogP contribution is -2.39. The second kappa shape index (κ2) is 3.33. The molecule has 2 heterocycles. The number of anilines is 1. The highest BCUT2D eigenvalue weighted by Crippen LogP contribution is 2.32. The van der Waals surface area contributed by atoms with Gasteiger partial charge in [-0.1, -0.05) is 12.1 Å². The van der Waals surface area contributed by atoms with Crippen molar-refractivity contribution in [1.82, 2.24) is 5.32 Å². The van der Waals surface area contributed by atoms with E-state index < -0.39 is 0 Å². The van der Waals surface area contributed by atoms with Crippen LogP contribution in [0.2, 0.25) is 0 Å². The normalized spacial score (nSPS) is 18.9. The number of hydrogen-bond donors (Lipinski definition) is 1. The molecule has 2 aliphatic heterocycles. The predicted octanol–water partition coefficient (Wildman–Crippen LogP) is 0.709. The van der Waals surface area contributed by atoms with Crippen LogP contribution in [0.15, 0.2) is 18.2 Å². The van der Waals surface area contributed by atoms with E-state index in [0.717, 1.165) is 30.6 Å². The molecule has 16 heavy (non-hydrogen) atoms. The molecule has 0 unspecified atom stereocenters. The van der Waals surface area contributed by atoms with Crippen molar-refractivity contribution in [1.29, 1.82) is 0 Å². The van der Waals surface area contributed by atoms with E-state index in [-0.39, 0.29) is 18.4 Å². The van der Waals surface area contributed by atoms with Gasteiger partial charge < -0.3 is 10.2 Å². The van der Waals surface area contributed by atoms with Crippen molar-refractivity contribution < 1.29 is 9.59 Å². The second-order valence-electron chi connectivity index (χ2n) is 4.14. The highest BCUT2D eigenvalue weighted by Gasteiger charge is 2.30. The summed E-state index contributed by atoms with van der Waals surface area (Å²) >= 11 is 0. The average molecular weight is 216 g/mol. The van der Waals surface area contributed by atoms with Crippen LogP contribution < -0.4 is 10.2 Å². The van der Waals surface area contributed by atoms with Crippen LogP contribution in [0.1, 0.15) is 22.3 Å². The van der Waals surface area contributed by atoms with Crippen LogP contribution >= 0.6 is 0 Å². The summed E-state index contributed by atoms with van der Waals surface area (Å²) in [7, 11) is 0. The van der Waals surface area contributed by atoms with Gasteiger partial charge in [-0.3, -0.25) is 9.59 Å². The van der Waals surface area contributed by atoms with Crippen molar-refractivity contribution in [3.05, 3.63) is 29.3 Å². The molecule has 4 nitrogen and oxygen atoms in total. The number of carbonyl (C=O) groups is 2. The quantitative estimate of drug-likeness (QED) is 0.694. The lowest BCUT2D eigenvalue weighted by atomic mass is 9.98. The summed E-state index contributed by atoms with van der Waals surface area (Å²) in [4.78, 5) is 25.4. The van der Waals surface area contributed by atoms with Crippen LogP contribution in [0.5, 0.6) is 0 Å². The first kappa shape index (κ1) is 9.39. The first-order valence-electron chi connectivity index (χ1n) is 5.48. The SMILES string of the molecule is O=C1NCC(=O)N2CCCc3cccc1c32. The topological polar surface area (TPSA) is 49.4 Å². The van der Waals surface area contributed by atoms with Gasteiger partial charge in [-0.2, -0.15) is 0 Å². The van der Waals surface area contributed by atoms with Gasteiger partial charge >= 0.3 is 0 Å². The van der Waals surface area contributed by atoms with E-state index in [9.17, 15) is 9.59 Å². The molecule has 4 heteroatoms. The van der Waals surface area contributed by atoms with E-state index in [0.29, 0.717) is 5.56 Å². The molecule has 0 spiro atoms. The number of aryl methyl sites for hydroxylation is 1. The number of rotatable bonds is 0. The molecule has 0 saturated heterocycles. The second-order valence-corrected chi connectivity index (χ2v) is 4.14. The lowest BCUT2D eigenvalue weighted by Gasteiger charge is -2.29. The van der Waals surface area contributed by atoms with Crippen molar-refractivity contribution >= 4 is 17.5 Å². The summed E-state index contributed by atoms with van der Waals surface area (Å²) in [6.07, 6.45) is 1.91. The summed E-state index contributed by atoms with van der Waals surface area (Å²) < 4.78 is 0. The Morgan fingerprint density at radius 1 is 1.25 bits per heavy atom. The van der Waals surface area contributed by atoms with Gasteiger partial charge in [0.15, 0.2) is 0 Å². The van der Waals surface area contributed by atoms with Crippen molar-refractivity contribution in [2.24, 2.45) is 0 Å². The Bertz CT molecular complexity index is 482. The standard InChI is InChI=1S/C12H12N2O2/c15-10-7-13-12(16)9-5-1-3-8-4-2-6-14(10)11(8)9/h1,3,5H,2,4,6-7H2,(H,13,16). The van der Waals surface area contributed by atoms with Gasteiger partial charge in [-0.25, -0.2) is 0 Å². The first-order valence-corrected chi connectivity index (χ1v) is 5.48. The highest BCUT2D eigenvalue weighted by atomic mass is 16.2. The molecule has 0 saturated carbocycles. The number of amides is 2. The Labute approximate surface area is 93.2 Å². The molecular formula is C12H12N2O2. The summed E-state index contributed by atoms with van der Waals surface area (Å²) in [6, 6.07) is 5.66. The van der Waals surface area contributed by atoms with Gasteiger partial charge in [0, 0.05) is 6.54 Å². The van der Waals surface area contributed by atoms with E-state index in [2.05, 4.69) is 5.32 Å². The molecule has 82 valence electrons. The van der Waals surface area contributed by atoms with Crippen LogP contribution in [-0.4, -0.2) is 24.9 Å². The number of benzene rings is 1. The zero-order valence-corrected chi connectivity index (χ0v) is 8.82. The fourth-order valence-corrected chi connectivity index (χ4v) is 2.43. The molecule has 3 rings (SSSR count). The molecule has 0 aromatic heterocycles. The molecule has 1 aromatic carbocycles. The largest absolute Gasteiger partial charge is 0.343 e. The van der Waals surface area contributed by atoms with Gasteiger partial charge in [0.05, 0.1) is 17.8 Å². The van der Waals surface area contributed by atoms with Gasteiger partial charge in [-0.15, -0.1) is 0 Å². The van der Waals surface area contributed by atoms with Crippen LogP contribution in [0.3, 0.4) is 0 Å². The Morgan fingerprint density at radius 2 is 2.12 bits per heavy atom. The van der Waals surface area contributed by atoms with Crippen LogP contribution in [0.4, 0.5) is 5.69 Å². The summed E-state index contributed by atoms with van der Waals surface area (Å²) in [5, 5.41) is 2.64. The smallest absolute Gasteiger partial charge is 0.253 e. The van der Waals surface area contributed by atoms with Crippen LogP contribution in [0.25, 0.3) is 0 Å². The van der Waals surface area contributed by atoms with E-state index in [1.807, 2.05) is 12.1 Å². The van der Waals surface area contributed by atoms with Crippen LogP contribution in [-0.2, 0) is 11.2 Å². The average Bonchev–Trinajstić information content (AvgIpc) is 2.44. The number of para-hydroxylation sites is 1. The molecule has 0 aliphatic carbocycles. The van der Waals surface area contributed by atoms with Gasteiger partial charge in [0.2, 0.25) is 5.91 Å². The maximum atomic E-state index is 11.9. The third-order valence-corrected chi connectivity index (χ3v) is 3.16. The van der Waals surface area contributed by atoms with Crippen molar-refractivity contribution in [3.63, 3.8) is 0 Å². The molecule has 0 radical (unpaired) electrons. The van der Waals surface area contributed by atoms with Gasteiger partial charge in [0.1, 0.15) is 0 Å². The zero-order valence-electron chi connectivity index (χ0n) is 8.82. The third kappa shape index (κ3) is 1.23. The zero-order chi connectivity index (χ0) is 11.1. The molecule has 0 bridgehead atoms. The van der Waals surface area contributed by atoms with Gasteiger partial charge in [0.25, 0.3) is 5.91 Å². The van der Waals surface area contributed by atoms with Crippen molar-refractivity contribution in [2.75, 3.05) is 18.0 Å². The fourth-order valence-electron chi connectivity index (χ4n) is 2.43. The molecular weight excluding hydrogens is 204 g/mol. The number of nitrogens with one attached hydrogen (secondary N) is 1. The first-order chi connectivity index (χ1) is 7.77. The molecule has 1 N–H and O–H groups in total. The van der Waals surface area contributed by atoms with E-state index >= 15 is 0 Å². The van der Waals surface area contributed by atoms with E-state index in [1.54, 1.807) is 11.0 Å². The summed E-state index contributed by atoms with van der Waals surface area (Å²) in [5.74, 6) is -0.158. The Kier molecular flexibility index (Phi) is 1.96. The Hall–Kier alpha value is -1.84.